The number of nitrogens with zero attached hydrogens (tertiary/aromatic N) is 1. The number of amides is 2. The van der Waals surface area contributed by atoms with Gasteiger partial charge in [0.15, 0.2) is 0 Å². The van der Waals surface area contributed by atoms with E-state index in [0.29, 0.717) is 0 Å². The van der Waals surface area contributed by atoms with E-state index in [9.17, 15) is 23.9 Å². The summed E-state index contributed by atoms with van der Waals surface area (Å²) in [5.74, 6) is -3.67. The molecule has 0 bridgehead atoms. The summed E-state index contributed by atoms with van der Waals surface area (Å²) in [5, 5.41) is 9.69. The van der Waals surface area contributed by atoms with Gasteiger partial charge in [0.25, 0.3) is 11.8 Å². The molecule has 2 unspecified atom stereocenters. The lowest BCUT2D eigenvalue weighted by molar-refractivity contribution is -0.151. The number of ether oxygens (including phenoxy) is 1. The quantitative estimate of drug-likeness (QED) is 0.647. The lowest BCUT2D eigenvalue weighted by Gasteiger charge is -2.23. The number of carbonyl (C=O) groups excluding carboxylic acids is 3. The first-order chi connectivity index (χ1) is 10.4. The normalized spacial score (nSPS) is 16.5. The topological polar surface area (TPSA) is 83.9 Å². The molecule has 2 atom stereocenters. The summed E-state index contributed by atoms with van der Waals surface area (Å²) < 4.78 is 18.0. The van der Waals surface area contributed by atoms with Crippen LogP contribution < -0.4 is 0 Å². The van der Waals surface area contributed by atoms with E-state index in [1.54, 1.807) is 6.92 Å². The number of benzene rings is 1. The molecule has 2 amide bonds. The molecule has 7 heteroatoms. The summed E-state index contributed by atoms with van der Waals surface area (Å²) in [6.45, 7) is 2.79. The molecule has 0 aromatic heterocycles. The van der Waals surface area contributed by atoms with E-state index in [0.717, 1.165) is 17.0 Å². The molecule has 6 nitrogen and oxygen atoms in total. The van der Waals surface area contributed by atoms with Gasteiger partial charge < -0.3 is 9.84 Å². The molecule has 0 radical (unpaired) electrons. The number of hydrogen-bond acceptors (Lipinski definition) is 5. The average molecular weight is 309 g/mol. The molecule has 0 fully saturated rings. The first kappa shape index (κ1) is 16.1. The SMILES string of the molecule is CCOC(=O)C(CN1C(=O)c2ccc(F)cc2C1=O)C(C)O. The highest BCUT2D eigenvalue weighted by atomic mass is 19.1. The number of fused-ring (bicyclic) bond motifs is 1. The zero-order valence-corrected chi connectivity index (χ0v) is 12.2. The van der Waals surface area contributed by atoms with Crippen molar-refractivity contribution in [1.82, 2.24) is 4.90 Å². The van der Waals surface area contributed by atoms with E-state index in [1.165, 1.54) is 13.0 Å². The van der Waals surface area contributed by atoms with Crippen molar-refractivity contribution in [1.29, 1.82) is 0 Å². The van der Waals surface area contributed by atoms with Crippen LogP contribution in [0.5, 0.6) is 0 Å². The predicted octanol–water partition coefficient (Wildman–Crippen LogP) is 0.982. The molecule has 1 aliphatic heterocycles. The van der Waals surface area contributed by atoms with E-state index in [1.807, 2.05) is 0 Å². The van der Waals surface area contributed by atoms with Crippen LogP contribution in [0.15, 0.2) is 18.2 Å². The Bertz CT molecular complexity index is 628. The number of halogens is 1. The summed E-state index contributed by atoms with van der Waals surface area (Å²) in [6, 6.07) is 3.30. The molecule has 118 valence electrons. The Morgan fingerprint density at radius 3 is 2.55 bits per heavy atom. The summed E-state index contributed by atoms with van der Waals surface area (Å²) in [4.78, 5) is 37.1. The zero-order valence-electron chi connectivity index (χ0n) is 12.2. The van der Waals surface area contributed by atoms with Crippen LogP contribution in [-0.2, 0) is 9.53 Å². The highest BCUT2D eigenvalue weighted by molar-refractivity contribution is 6.21. The van der Waals surface area contributed by atoms with Gasteiger partial charge in [-0.15, -0.1) is 0 Å². The van der Waals surface area contributed by atoms with Crippen molar-refractivity contribution >= 4 is 17.8 Å². The Hall–Kier alpha value is -2.28. The van der Waals surface area contributed by atoms with Gasteiger partial charge in [-0.05, 0) is 32.0 Å². The smallest absolute Gasteiger partial charge is 0.313 e. The van der Waals surface area contributed by atoms with Crippen LogP contribution in [-0.4, -0.2) is 47.0 Å². The number of imide groups is 1. The monoisotopic (exact) mass is 309 g/mol. The van der Waals surface area contributed by atoms with Gasteiger partial charge in [0.2, 0.25) is 0 Å². The summed E-state index contributed by atoms with van der Waals surface area (Å²) >= 11 is 0. The third-order valence-corrected chi connectivity index (χ3v) is 3.48. The van der Waals surface area contributed by atoms with Crippen molar-refractivity contribution < 1.29 is 28.6 Å². The first-order valence-electron chi connectivity index (χ1n) is 6.87. The van der Waals surface area contributed by atoms with Gasteiger partial charge in [0.05, 0.1) is 23.8 Å². The van der Waals surface area contributed by atoms with Gasteiger partial charge in [-0.25, -0.2) is 4.39 Å². The minimum atomic E-state index is -1.10. The second kappa shape index (κ2) is 6.23. The number of hydrogen-bond donors (Lipinski definition) is 1. The number of rotatable bonds is 5. The maximum atomic E-state index is 13.2. The molecule has 1 heterocycles. The van der Waals surface area contributed by atoms with E-state index in [2.05, 4.69) is 0 Å². The van der Waals surface area contributed by atoms with Gasteiger partial charge in [-0.2, -0.15) is 0 Å². The Balaban J connectivity index is 2.25. The van der Waals surface area contributed by atoms with Crippen LogP contribution in [0.25, 0.3) is 0 Å². The van der Waals surface area contributed by atoms with E-state index >= 15 is 0 Å². The molecule has 1 aromatic carbocycles. The Kier molecular flexibility index (Phi) is 4.56. The molecular weight excluding hydrogens is 293 g/mol. The molecule has 0 aliphatic carbocycles. The Labute approximate surface area is 126 Å². The Morgan fingerprint density at radius 2 is 1.95 bits per heavy atom. The molecule has 0 saturated heterocycles. The highest BCUT2D eigenvalue weighted by Crippen LogP contribution is 2.25. The largest absolute Gasteiger partial charge is 0.466 e. The minimum absolute atomic E-state index is 0.0433. The third kappa shape index (κ3) is 2.85. The van der Waals surface area contributed by atoms with E-state index in [-0.39, 0.29) is 24.3 Å². The summed E-state index contributed by atoms with van der Waals surface area (Å²) in [6.07, 6.45) is -1.10. The fourth-order valence-electron chi connectivity index (χ4n) is 2.30. The van der Waals surface area contributed by atoms with Gasteiger partial charge >= 0.3 is 5.97 Å². The lowest BCUT2D eigenvalue weighted by Crippen LogP contribution is -2.42. The molecule has 0 spiro atoms. The van der Waals surface area contributed by atoms with Crippen LogP contribution in [0.1, 0.15) is 34.6 Å². The van der Waals surface area contributed by atoms with Crippen molar-refractivity contribution in [2.45, 2.75) is 20.0 Å². The molecule has 2 rings (SSSR count). The molecule has 0 saturated carbocycles. The molecule has 1 aromatic rings. The number of aliphatic hydroxyl groups is 1. The minimum Gasteiger partial charge on any atom is -0.466 e. The predicted molar refractivity (Wildman–Crippen MR) is 73.6 cm³/mol. The van der Waals surface area contributed by atoms with Crippen molar-refractivity contribution in [3.63, 3.8) is 0 Å². The average Bonchev–Trinajstić information content (AvgIpc) is 2.68. The Morgan fingerprint density at radius 1 is 1.32 bits per heavy atom. The van der Waals surface area contributed by atoms with Crippen LogP contribution in [0, 0.1) is 11.7 Å². The van der Waals surface area contributed by atoms with E-state index in [4.69, 9.17) is 4.74 Å². The van der Waals surface area contributed by atoms with Crippen molar-refractivity contribution in [3.05, 3.63) is 35.1 Å². The lowest BCUT2D eigenvalue weighted by atomic mass is 10.0. The number of aliphatic hydroxyl groups excluding tert-OH is 1. The summed E-state index contributed by atoms with van der Waals surface area (Å²) in [7, 11) is 0. The van der Waals surface area contributed by atoms with Gasteiger partial charge in [-0.1, -0.05) is 0 Å². The third-order valence-electron chi connectivity index (χ3n) is 3.48. The number of esters is 1. The number of carbonyl (C=O) groups is 3. The van der Waals surface area contributed by atoms with Crippen LogP contribution in [0.2, 0.25) is 0 Å². The molecular formula is C15H16FNO5. The molecule has 1 N–H and O–H groups in total. The zero-order chi connectivity index (χ0) is 16.4. The highest BCUT2D eigenvalue weighted by Gasteiger charge is 2.39. The second-order valence-corrected chi connectivity index (χ2v) is 5.01. The fraction of sp³-hybridized carbons (Fsp3) is 0.400. The maximum absolute atomic E-state index is 13.2. The van der Waals surface area contributed by atoms with Crippen LogP contribution >= 0.6 is 0 Å². The fourth-order valence-corrected chi connectivity index (χ4v) is 2.30. The van der Waals surface area contributed by atoms with E-state index < -0.39 is 35.6 Å². The van der Waals surface area contributed by atoms with Crippen molar-refractivity contribution in [2.75, 3.05) is 13.2 Å². The van der Waals surface area contributed by atoms with Gasteiger partial charge in [-0.3, -0.25) is 19.3 Å². The first-order valence-corrected chi connectivity index (χ1v) is 6.87. The van der Waals surface area contributed by atoms with Crippen LogP contribution in [0.3, 0.4) is 0 Å². The van der Waals surface area contributed by atoms with Gasteiger partial charge in [0, 0.05) is 6.54 Å². The van der Waals surface area contributed by atoms with Crippen LogP contribution in [0.4, 0.5) is 4.39 Å². The van der Waals surface area contributed by atoms with Crippen molar-refractivity contribution in [2.24, 2.45) is 5.92 Å². The van der Waals surface area contributed by atoms with Gasteiger partial charge in [0.1, 0.15) is 11.7 Å². The van der Waals surface area contributed by atoms with Crippen molar-refractivity contribution in [3.8, 4) is 0 Å². The maximum Gasteiger partial charge on any atom is 0.313 e. The summed E-state index contributed by atoms with van der Waals surface area (Å²) in [5.41, 5.74) is 0.0396. The molecule has 1 aliphatic rings. The molecule has 22 heavy (non-hydrogen) atoms. The standard InChI is InChI=1S/C15H16FNO5/c1-3-22-15(21)12(8(2)18)7-17-13(19)10-5-4-9(16)6-11(10)14(17)20/h4-6,8,12,18H,3,7H2,1-2H3. The second-order valence-electron chi connectivity index (χ2n) is 5.01.